The Morgan fingerprint density at radius 3 is 2.10 bits per heavy atom. The van der Waals surface area contributed by atoms with Gasteiger partial charge >= 0.3 is 0 Å². The highest BCUT2D eigenvalue weighted by molar-refractivity contribution is 8.04. The van der Waals surface area contributed by atoms with Crippen LogP contribution in [0.2, 0.25) is 0 Å². The van der Waals surface area contributed by atoms with Crippen molar-refractivity contribution in [2.24, 2.45) is 0 Å². The van der Waals surface area contributed by atoms with Crippen molar-refractivity contribution in [1.29, 1.82) is 0 Å². The molecule has 1 heterocycles. The van der Waals surface area contributed by atoms with Crippen LogP contribution in [0, 0.1) is 10.1 Å². The van der Waals surface area contributed by atoms with E-state index >= 15 is 0 Å². The van der Waals surface area contributed by atoms with Crippen molar-refractivity contribution >= 4 is 34.8 Å². The van der Waals surface area contributed by atoms with E-state index in [0.717, 1.165) is 43.4 Å². The lowest BCUT2D eigenvalue weighted by Crippen LogP contribution is -2.40. The molecule has 2 aliphatic rings. The Hall–Kier alpha value is -2.93. The van der Waals surface area contributed by atoms with Gasteiger partial charge < -0.3 is 0 Å². The molecule has 7 heteroatoms. The van der Waals surface area contributed by atoms with Gasteiger partial charge in [-0.15, -0.1) is 0 Å². The topological polar surface area (TPSA) is 80.5 Å². The van der Waals surface area contributed by atoms with Crippen LogP contribution in [0.25, 0.3) is 5.57 Å². The van der Waals surface area contributed by atoms with Gasteiger partial charge in [-0.2, -0.15) is 0 Å². The number of hydrogen-bond acceptors (Lipinski definition) is 5. The zero-order valence-electron chi connectivity index (χ0n) is 16.5. The molecule has 1 fully saturated rings. The number of nitro groups is 1. The standard InChI is InChI=1S/C23H22N2O4S/c26-22-20(16-12-14-18(15-13-16)25(28)29)21(30-19-10-6-3-7-11-19)23(27)24(22)17-8-4-1-2-5-9-17/h3,6-7,10-15,17H,1-2,4-5,8-9H2. The Morgan fingerprint density at radius 1 is 0.867 bits per heavy atom. The average molecular weight is 423 g/mol. The van der Waals surface area contributed by atoms with Gasteiger partial charge in [0.25, 0.3) is 17.5 Å². The van der Waals surface area contributed by atoms with E-state index < -0.39 is 4.92 Å². The highest BCUT2D eigenvalue weighted by atomic mass is 32.2. The summed E-state index contributed by atoms with van der Waals surface area (Å²) < 4.78 is 0. The molecular weight excluding hydrogens is 400 g/mol. The van der Waals surface area contributed by atoms with E-state index in [-0.39, 0.29) is 23.5 Å². The third kappa shape index (κ3) is 4.03. The summed E-state index contributed by atoms with van der Waals surface area (Å²) in [6.45, 7) is 0. The summed E-state index contributed by atoms with van der Waals surface area (Å²) in [6, 6.07) is 15.2. The van der Waals surface area contributed by atoms with Gasteiger partial charge in [0.15, 0.2) is 0 Å². The molecule has 0 unspecified atom stereocenters. The summed E-state index contributed by atoms with van der Waals surface area (Å²) in [4.78, 5) is 40.1. The molecule has 154 valence electrons. The summed E-state index contributed by atoms with van der Waals surface area (Å²) in [7, 11) is 0. The maximum atomic E-state index is 13.4. The van der Waals surface area contributed by atoms with Gasteiger partial charge in [0, 0.05) is 23.1 Å². The molecule has 1 aliphatic heterocycles. The second-order valence-corrected chi connectivity index (χ2v) is 8.63. The van der Waals surface area contributed by atoms with Crippen LogP contribution in [0.3, 0.4) is 0 Å². The fourth-order valence-corrected chi connectivity index (χ4v) is 5.10. The van der Waals surface area contributed by atoms with Crippen molar-refractivity contribution in [3.05, 3.63) is 75.2 Å². The van der Waals surface area contributed by atoms with Crippen LogP contribution in [0.4, 0.5) is 5.69 Å². The number of imide groups is 1. The molecule has 2 aromatic carbocycles. The monoisotopic (exact) mass is 422 g/mol. The molecular formula is C23H22N2O4S. The molecule has 30 heavy (non-hydrogen) atoms. The molecule has 0 atom stereocenters. The van der Waals surface area contributed by atoms with Crippen molar-refractivity contribution in [1.82, 2.24) is 4.90 Å². The highest BCUT2D eigenvalue weighted by Gasteiger charge is 2.43. The number of thioether (sulfide) groups is 1. The molecule has 0 bridgehead atoms. The zero-order chi connectivity index (χ0) is 21.1. The van der Waals surface area contributed by atoms with Crippen molar-refractivity contribution in [2.45, 2.75) is 49.5 Å². The Morgan fingerprint density at radius 2 is 1.50 bits per heavy atom. The molecule has 1 saturated carbocycles. The maximum Gasteiger partial charge on any atom is 0.269 e. The summed E-state index contributed by atoms with van der Waals surface area (Å²) in [5.41, 5.74) is 0.829. The maximum absolute atomic E-state index is 13.4. The molecule has 0 N–H and O–H groups in total. The Bertz CT molecular complexity index is 994. The van der Waals surface area contributed by atoms with Crippen molar-refractivity contribution in [3.63, 3.8) is 0 Å². The largest absolute Gasteiger partial charge is 0.271 e. The molecule has 0 aromatic heterocycles. The number of carbonyl (C=O) groups excluding carboxylic acids is 2. The van der Waals surface area contributed by atoms with Crippen LogP contribution >= 0.6 is 11.8 Å². The first-order valence-corrected chi connectivity index (χ1v) is 11.0. The SMILES string of the molecule is O=C1C(Sc2ccccc2)=C(c2ccc([N+](=O)[O-])cc2)C(=O)N1C1CCCCCC1. The lowest BCUT2D eigenvalue weighted by Gasteiger charge is -2.25. The summed E-state index contributed by atoms with van der Waals surface area (Å²) in [6.07, 6.45) is 5.93. The number of nitrogens with zero attached hydrogens (tertiary/aromatic N) is 2. The second kappa shape index (κ2) is 8.83. The summed E-state index contributed by atoms with van der Waals surface area (Å²) >= 11 is 1.28. The van der Waals surface area contributed by atoms with Gasteiger partial charge in [-0.05, 0) is 42.7 Å². The predicted molar refractivity (Wildman–Crippen MR) is 116 cm³/mol. The van der Waals surface area contributed by atoms with E-state index in [1.54, 1.807) is 12.1 Å². The number of benzene rings is 2. The first kappa shape index (κ1) is 20.3. The molecule has 2 amide bonds. The van der Waals surface area contributed by atoms with Gasteiger partial charge in [-0.25, -0.2) is 0 Å². The Balaban J connectivity index is 1.74. The van der Waals surface area contributed by atoms with Gasteiger partial charge in [0.05, 0.1) is 15.4 Å². The smallest absolute Gasteiger partial charge is 0.269 e. The summed E-state index contributed by atoms with van der Waals surface area (Å²) in [5, 5.41) is 11.0. The lowest BCUT2D eigenvalue weighted by atomic mass is 10.0. The first-order valence-electron chi connectivity index (χ1n) is 10.2. The number of hydrogen-bond donors (Lipinski definition) is 0. The normalized spacial score (nSPS) is 18.1. The van der Waals surface area contributed by atoms with E-state index in [1.807, 2.05) is 30.3 Å². The van der Waals surface area contributed by atoms with Crippen LogP contribution < -0.4 is 0 Å². The minimum absolute atomic E-state index is 0.0472. The van der Waals surface area contributed by atoms with Crippen molar-refractivity contribution < 1.29 is 14.5 Å². The van der Waals surface area contributed by atoms with Gasteiger partial charge in [-0.1, -0.05) is 55.6 Å². The van der Waals surface area contributed by atoms with E-state index in [4.69, 9.17) is 0 Å². The molecule has 0 spiro atoms. The third-order valence-corrected chi connectivity index (χ3v) is 6.68. The van der Waals surface area contributed by atoms with Crippen molar-refractivity contribution in [3.8, 4) is 0 Å². The Kier molecular flexibility index (Phi) is 5.99. The van der Waals surface area contributed by atoms with Crippen LogP contribution in [-0.4, -0.2) is 27.7 Å². The Labute approximate surface area is 179 Å². The molecule has 1 aliphatic carbocycles. The van der Waals surface area contributed by atoms with Gasteiger partial charge in [0.1, 0.15) is 0 Å². The van der Waals surface area contributed by atoms with E-state index in [9.17, 15) is 19.7 Å². The van der Waals surface area contributed by atoms with Crippen LogP contribution in [-0.2, 0) is 9.59 Å². The van der Waals surface area contributed by atoms with Crippen LogP contribution in [0.15, 0.2) is 64.4 Å². The fraction of sp³-hybridized carbons (Fsp3) is 0.304. The molecule has 0 saturated heterocycles. The molecule has 2 aromatic rings. The highest BCUT2D eigenvalue weighted by Crippen LogP contribution is 2.42. The average Bonchev–Trinajstić information content (AvgIpc) is 2.93. The van der Waals surface area contributed by atoms with Crippen molar-refractivity contribution in [2.75, 3.05) is 0 Å². The summed E-state index contributed by atoms with van der Waals surface area (Å²) in [5.74, 6) is -0.548. The van der Waals surface area contributed by atoms with E-state index in [2.05, 4.69) is 0 Å². The quantitative estimate of drug-likeness (QED) is 0.287. The van der Waals surface area contributed by atoms with E-state index in [0.29, 0.717) is 16.0 Å². The second-order valence-electron chi connectivity index (χ2n) is 7.55. The van der Waals surface area contributed by atoms with Crippen LogP contribution in [0.1, 0.15) is 44.1 Å². The number of carbonyl (C=O) groups is 2. The zero-order valence-corrected chi connectivity index (χ0v) is 17.3. The third-order valence-electron chi connectivity index (χ3n) is 5.59. The number of rotatable bonds is 5. The molecule has 6 nitrogen and oxygen atoms in total. The molecule has 4 rings (SSSR count). The molecule has 0 radical (unpaired) electrons. The minimum atomic E-state index is -0.475. The van der Waals surface area contributed by atoms with Gasteiger partial charge in [-0.3, -0.25) is 24.6 Å². The van der Waals surface area contributed by atoms with Gasteiger partial charge in [0.2, 0.25) is 0 Å². The lowest BCUT2D eigenvalue weighted by molar-refractivity contribution is -0.384. The fourth-order valence-electron chi connectivity index (χ4n) is 4.08. The first-order chi connectivity index (χ1) is 14.6. The minimum Gasteiger partial charge on any atom is -0.271 e. The number of nitro benzene ring substituents is 1. The van der Waals surface area contributed by atoms with Crippen LogP contribution in [0.5, 0.6) is 0 Å². The number of amides is 2. The van der Waals surface area contributed by atoms with E-state index in [1.165, 1.54) is 28.8 Å². The number of non-ortho nitro benzene ring substituents is 1. The predicted octanol–water partition coefficient (Wildman–Crippen LogP) is 5.19.